The van der Waals surface area contributed by atoms with E-state index in [0.717, 1.165) is 0 Å². The molecule has 24 heavy (non-hydrogen) atoms. The van der Waals surface area contributed by atoms with Gasteiger partial charge in [0.1, 0.15) is 0 Å². The van der Waals surface area contributed by atoms with Crippen molar-refractivity contribution >= 4 is 39.7 Å². The highest BCUT2D eigenvalue weighted by Crippen LogP contribution is 2.43. The maximum atomic E-state index is 11.5. The zero-order valence-corrected chi connectivity index (χ0v) is 16.2. The Morgan fingerprint density at radius 3 is 0.917 bits per heavy atom. The summed E-state index contributed by atoms with van der Waals surface area (Å²) in [5, 5.41) is 0. The van der Waals surface area contributed by atoms with Gasteiger partial charge in [-0.25, -0.2) is 0 Å². The minimum Gasteiger partial charge on any atom is -0.469 e. The van der Waals surface area contributed by atoms with Gasteiger partial charge in [-0.05, 0) is 12.3 Å². The Morgan fingerprint density at radius 2 is 0.750 bits per heavy atom. The minimum atomic E-state index is -0.979. The molecule has 0 N–H and O–H groups in total. The fraction of sp³-hybridized carbons (Fsp3) is 0.714. The van der Waals surface area contributed by atoms with Gasteiger partial charge < -0.3 is 18.9 Å². The number of rotatable bonds is 11. The Morgan fingerprint density at radius 1 is 0.542 bits per heavy atom. The van der Waals surface area contributed by atoms with Crippen LogP contribution in [0.3, 0.4) is 0 Å². The molecule has 0 aliphatic heterocycles. The van der Waals surface area contributed by atoms with E-state index in [2.05, 4.69) is 18.9 Å². The van der Waals surface area contributed by atoms with Crippen LogP contribution in [0.25, 0.3) is 0 Å². The van der Waals surface area contributed by atoms with E-state index in [1.807, 2.05) is 0 Å². The van der Waals surface area contributed by atoms with Crippen LogP contribution in [0.1, 0.15) is 0 Å². The summed E-state index contributed by atoms with van der Waals surface area (Å²) in [6.45, 7) is 0. The Labute approximate surface area is 144 Å². The Hall–Kier alpha value is -1.26. The summed E-state index contributed by atoms with van der Waals surface area (Å²) in [5.74, 6) is -1.57. The van der Waals surface area contributed by atoms with Gasteiger partial charge in [-0.2, -0.15) is 0 Å². The number of hydrogen-bond donors (Lipinski definition) is 0. The Bertz CT molecular complexity index is 364. The second kappa shape index (κ2) is 13.1. The third-order valence-corrected chi connectivity index (χ3v) is 7.94. The van der Waals surface area contributed by atoms with Crippen molar-refractivity contribution in [2.75, 3.05) is 65.4 Å². The van der Waals surface area contributed by atoms with Crippen LogP contribution in [0.2, 0.25) is 0 Å². The monoisotopic (exact) mass is 382 g/mol. The number of carbonyl (C=O) groups excluding carboxylic acids is 4. The zero-order valence-electron chi connectivity index (χ0n) is 14.4. The lowest BCUT2D eigenvalue weighted by atomic mass is 10.8. The molecule has 8 nitrogen and oxygen atoms in total. The molecule has 0 spiro atoms. The third-order valence-electron chi connectivity index (χ3n) is 3.05. The van der Waals surface area contributed by atoms with Crippen LogP contribution in [-0.2, 0) is 38.1 Å². The molecule has 0 saturated heterocycles. The van der Waals surface area contributed by atoms with Crippen LogP contribution in [0.4, 0.5) is 0 Å². The van der Waals surface area contributed by atoms with Crippen LogP contribution < -0.4 is 0 Å². The van der Waals surface area contributed by atoms with Gasteiger partial charge in [0, 0.05) is 0 Å². The topological polar surface area (TPSA) is 105 Å². The van der Waals surface area contributed by atoms with E-state index < -0.39 is 39.7 Å². The number of esters is 4. The van der Waals surface area contributed by atoms with Crippen molar-refractivity contribution in [2.45, 2.75) is 0 Å². The maximum Gasteiger partial charge on any atom is 0.309 e. The predicted octanol–water partition coefficient (Wildman–Crippen LogP) is 0.642. The quantitative estimate of drug-likeness (QED) is 0.291. The average molecular weight is 382 g/mol. The number of methoxy groups -OCH3 is 4. The van der Waals surface area contributed by atoms with Gasteiger partial charge in [0.25, 0.3) is 0 Å². The highest BCUT2D eigenvalue weighted by atomic mass is 31.1. The average Bonchev–Trinajstić information content (AvgIpc) is 2.58. The van der Waals surface area contributed by atoms with Gasteiger partial charge in [0.15, 0.2) is 0 Å². The highest BCUT2D eigenvalue weighted by molar-refractivity contribution is 7.63. The molecule has 0 unspecified atom stereocenters. The second-order valence-electron chi connectivity index (χ2n) is 4.73. The standard InChI is InChI=1S/C14H24O8P2/c1-19-11(15)7-23(8-12(16)20-2)5-6-24(9-13(17)21-3)10-14(18)22-4/h5-10H2,1-4H3. The summed E-state index contributed by atoms with van der Waals surface area (Å²) in [4.78, 5) is 45.9. The van der Waals surface area contributed by atoms with E-state index in [0.29, 0.717) is 12.3 Å². The molecule has 138 valence electrons. The summed E-state index contributed by atoms with van der Waals surface area (Å²) >= 11 is 0. The highest BCUT2D eigenvalue weighted by Gasteiger charge is 2.23. The molecule has 0 saturated carbocycles. The number of carbonyl (C=O) groups is 4. The molecular weight excluding hydrogens is 358 g/mol. The lowest BCUT2D eigenvalue weighted by Crippen LogP contribution is -2.17. The van der Waals surface area contributed by atoms with E-state index in [-0.39, 0.29) is 24.6 Å². The van der Waals surface area contributed by atoms with Crippen LogP contribution in [0.15, 0.2) is 0 Å². The van der Waals surface area contributed by atoms with Crippen molar-refractivity contribution in [3.05, 3.63) is 0 Å². The van der Waals surface area contributed by atoms with Crippen molar-refractivity contribution in [3.8, 4) is 0 Å². The van der Waals surface area contributed by atoms with Crippen molar-refractivity contribution < 1.29 is 38.1 Å². The fourth-order valence-corrected chi connectivity index (χ4v) is 6.80. The largest absolute Gasteiger partial charge is 0.469 e. The molecule has 10 heteroatoms. The molecule has 0 atom stereocenters. The van der Waals surface area contributed by atoms with Gasteiger partial charge in [-0.15, -0.1) is 0 Å². The molecule has 0 bridgehead atoms. The van der Waals surface area contributed by atoms with Gasteiger partial charge in [0.05, 0.1) is 53.1 Å². The zero-order chi connectivity index (χ0) is 18.5. The molecular formula is C14H24O8P2. The SMILES string of the molecule is COC(=O)CP(CCP(CC(=O)OC)CC(=O)OC)CC(=O)OC. The van der Waals surface area contributed by atoms with Crippen LogP contribution in [-0.4, -0.2) is 89.3 Å². The summed E-state index contributed by atoms with van der Waals surface area (Å²) in [5.41, 5.74) is 0. The van der Waals surface area contributed by atoms with E-state index in [9.17, 15) is 19.2 Å². The summed E-state index contributed by atoms with van der Waals surface area (Å²) in [6.07, 6.45) is 1.67. The Balaban J connectivity index is 4.78. The molecule has 0 aliphatic rings. The summed E-state index contributed by atoms with van der Waals surface area (Å²) in [6, 6.07) is 0. The van der Waals surface area contributed by atoms with Crippen LogP contribution in [0.5, 0.6) is 0 Å². The van der Waals surface area contributed by atoms with Gasteiger partial charge in [0.2, 0.25) is 0 Å². The smallest absolute Gasteiger partial charge is 0.309 e. The first-order valence-corrected chi connectivity index (χ1v) is 10.9. The van der Waals surface area contributed by atoms with E-state index in [1.54, 1.807) is 0 Å². The van der Waals surface area contributed by atoms with E-state index >= 15 is 0 Å². The van der Waals surface area contributed by atoms with Gasteiger partial charge in [-0.3, -0.25) is 19.2 Å². The first-order valence-electron chi connectivity index (χ1n) is 7.08. The summed E-state index contributed by atoms with van der Waals surface area (Å²) in [7, 11) is 3.19. The third kappa shape index (κ3) is 10.5. The Kier molecular flexibility index (Phi) is 12.4. The first kappa shape index (κ1) is 22.7. The van der Waals surface area contributed by atoms with Gasteiger partial charge in [-0.1, -0.05) is 15.8 Å². The lowest BCUT2D eigenvalue weighted by Gasteiger charge is -2.20. The van der Waals surface area contributed by atoms with Crippen LogP contribution in [0, 0.1) is 0 Å². The molecule has 0 aliphatic carbocycles. The van der Waals surface area contributed by atoms with Crippen LogP contribution >= 0.6 is 15.8 Å². The molecule has 0 aromatic carbocycles. The normalized spacial score (nSPS) is 10.4. The minimum absolute atomic E-state index is 0.139. The molecule has 0 fully saturated rings. The lowest BCUT2D eigenvalue weighted by molar-refractivity contribution is -0.139. The second-order valence-corrected chi connectivity index (χ2v) is 9.57. The van der Waals surface area contributed by atoms with E-state index in [4.69, 9.17) is 0 Å². The van der Waals surface area contributed by atoms with Crippen molar-refractivity contribution in [1.29, 1.82) is 0 Å². The maximum absolute atomic E-state index is 11.5. The van der Waals surface area contributed by atoms with Crippen molar-refractivity contribution in [3.63, 3.8) is 0 Å². The first-order chi connectivity index (χ1) is 11.4. The fourth-order valence-electron chi connectivity index (χ4n) is 1.70. The number of hydrogen-bond acceptors (Lipinski definition) is 8. The number of ether oxygens (including phenoxy) is 4. The van der Waals surface area contributed by atoms with Crippen molar-refractivity contribution in [2.24, 2.45) is 0 Å². The molecule has 0 rings (SSSR count). The predicted molar refractivity (Wildman–Crippen MR) is 91.1 cm³/mol. The van der Waals surface area contributed by atoms with Crippen molar-refractivity contribution in [1.82, 2.24) is 0 Å². The molecule has 0 radical (unpaired) electrons. The molecule has 0 aromatic rings. The molecule has 0 amide bonds. The summed E-state index contributed by atoms with van der Waals surface area (Å²) < 4.78 is 18.6. The molecule has 0 heterocycles. The van der Waals surface area contributed by atoms with Gasteiger partial charge >= 0.3 is 23.9 Å². The van der Waals surface area contributed by atoms with E-state index in [1.165, 1.54) is 28.4 Å². The molecule has 0 aromatic heterocycles.